The summed E-state index contributed by atoms with van der Waals surface area (Å²) in [5, 5.41) is 14.0. The maximum atomic E-state index is 10.9. The average Bonchev–Trinajstić information content (AvgIpc) is 2.10. The van der Waals surface area contributed by atoms with E-state index in [0.717, 1.165) is 0 Å². The standard InChI is InChI=1S/C7H15N3O3/c1-2-9-4-6(12)10-3-5(11)7(8)13/h5,9,11H,2-4H2,1H3,(H2,8,13)(H,10,12). The number of aliphatic hydroxyl groups is 1. The first-order valence-electron chi connectivity index (χ1n) is 4.02. The first-order valence-corrected chi connectivity index (χ1v) is 4.02. The molecule has 76 valence electrons. The van der Waals surface area contributed by atoms with Gasteiger partial charge in [-0.1, -0.05) is 6.92 Å². The van der Waals surface area contributed by atoms with Crippen molar-refractivity contribution in [2.24, 2.45) is 5.73 Å². The molecule has 0 aromatic rings. The Hall–Kier alpha value is -1.14. The molecule has 0 aliphatic carbocycles. The van der Waals surface area contributed by atoms with Crippen LogP contribution in [-0.4, -0.2) is 42.7 Å². The molecule has 0 rings (SSSR count). The van der Waals surface area contributed by atoms with E-state index in [0.29, 0.717) is 6.54 Å². The molecule has 0 aromatic heterocycles. The fourth-order valence-corrected chi connectivity index (χ4v) is 0.612. The Morgan fingerprint density at radius 1 is 1.54 bits per heavy atom. The first kappa shape index (κ1) is 11.9. The van der Waals surface area contributed by atoms with Crippen LogP contribution in [0.15, 0.2) is 0 Å². The van der Waals surface area contributed by atoms with E-state index in [4.69, 9.17) is 10.8 Å². The molecule has 5 N–H and O–H groups in total. The molecular formula is C7H15N3O3. The largest absolute Gasteiger partial charge is 0.381 e. The average molecular weight is 189 g/mol. The molecular weight excluding hydrogens is 174 g/mol. The van der Waals surface area contributed by atoms with Crippen LogP contribution >= 0.6 is 0 Å². The highest BCUT2D eigenvalue weighted by atomic mass is 16.3. The molecule has 2 amide bonds. The van der Waals surface area contributed by atoms with E-state index >= 15 is 0 Å². The number of primary amides is 1. The van der Waals surface area contributed by atoms with Crippen molar-refractivity contribution in [1.82, 2.24) is 10.6 Å². The first-order chi connectivity index (χ1) is 6.07. The number of hydrogen-bond donors (Lipinski definition) is 4. The van der Waals surface area contributed by atoms with E-state index in [1.54, 1.807) is 0 Å². The molecule has 6 heteroatoms. The summed E-state index contributed by atoms with van der Waals surface area (Å²) < 4.78 is 0. The van der Waals surface area contributed by atoms with Gasteiger partial charge in [0.25, 0.3) is 0 Å². The molecule has 0 aliphatic rings. The SMILES string of the molecule is CCNCC(=O)NCC(O)C(N)=O. The maximum absolute atomic E-state index is 10.9. The quantitative estimate of drug-likeness (QED) is 0.372. The van der Waals surface area contributed by atoms with Gasteiger partial charge in [0.05, 0.1) is 13.1 Å². The van der Waals surface area contributed by atoms with Crippen molar-refractivity contribution in [1.29, 1.82) is 0 Å². The summed E-state index contributed by atoms with van der Waals surface area (Å²) in [6.45, 7) is 2.58. The lowest BCUT2D eigenvalue weighted by Crippen LogP contribution is -2.42. The zero-order valence-electron chi connectivity index (χ0n) is 7.54. The number of amides is 2. The minimum Gasteiger partial charge on any atom is -0.381 e. The Labute approximate surface area is 76.5 Å². The smallest absolute Gasteiger partial charge is 0.248 e. The van der Waals surface area contributed by atoms with E-state index in [1.807, 2.05) is 6.92 Å². The summed E-state index contributed by atoms with van der Waals surface area (Å²) in [4.78, 5) is 21.2. The number of carbonyl (C=O) groups is 2. The van der Waals surface area contributed by atoms with Crippen molar-refractivity contribution in [2.75, 3.05) is 19.6 Å². The molecule has 13 heavy (non-hydrogen) atoms. The third kappa shape index (κ3) is 6.06. The van der Waals surface area contributed by atoms with Gasteiger partial charge >= 0.3 is 0 Å². The number of nitrogens with one attached hydrogen (secondary N) is 2. The molecule has 0 saturated carbocycles. The van der Waals surface area contributed by atoms with Crippen molar-refractivity contribution in [3.63, 3.8) is 0 Å². The van der Waals surface area contributed by atoms with E-state index in [1.165, 1.54) is 0 Å². The van der Waals surface area contributed by atoms with Crippen molar-refractivity contribution in [3.05, 3.63) is 0 Å². The van der Waals surface area contributed by atoms with Crippen LogP contribution in [0.5, 0.6) is 0 Å². The van der Waals surface area contributed by atoms with Gasteiger partial charge in [0, 0.05) is 0 Å². The third-order valence-electron chi connectivity index (χ3n) is 1.36. The molecule has 0 bridgehead atoms. The Balaban J connectivity index is 3.52. The van der Waals surface area contributed by atoms with Gasteiger partial charge in [-0.15, -0.1) is 0 Å². The molecule has 0 radical (unpaired) electrons. The van der Waals surface area contributed by atoms with E-state index < -0.39 is 12.0 Å². The molecule has 0 heterocycles. The highest BCUT2D eigenvalue weighted by Crippen LogP contribution is 1.76. The predicted molar refractivity (Wildman–Crippen MR) is 46.8 cm³/mol. The van der Waals surface area contributed by atoms with Gasteiger partial charge in [-0.05, 0) is 6.54 Å². The Morgan fingerprint density at radius 3 is 2.62 bits per heavy atom. The molecule has 1 atom stereocenters. The summed E-state index contributed by atoms with van der Waals surface area (Å²) in [6.07, 6.45) is -1.31. The highest BCUT2D eigenvalue weighted by Gasteiger charge is 2.11. The summed E-state index contributed by atoms with van der Waals surface area (Å²) in [7, 11) is 0. The van der Waals surface area contributed by atoms with Crippen LogP contribution in [0.3, 0.4) is 0 Å². The van der Waals surface area contributed by atoms with Gasteiger partial charge in [0.15, 0.2) is 0 Å². The maximum Gasteiger partial charge on any atom is 0.248 e. The summed E-state index contributed by atoms with van der Waals surface area (Å²) >= 11 is 0. The topological polar surface area (TPSA) is 104 Å². The number of likely N-dealkylation sites (N-methyl/N-ethyl adjacent to an activating group) is 1. The van der Waals surface area contributed by atoms with Crippen molar-refractivity contribution in [3.8, 4) is 0 Å². The zero-order valence-corrected chi connectivity index (χ0v) is 7.54. The van der Waals surface area contributed by atoms with Gasteiger partial charge < -0.3 is 21.5 Å². The van der Waals surface area contributed by atoms with Crippen LogP contribution in [0.2, 0.25) is 0 Å². The lowest BCUT2D eigenvalue weighted by atomic mass is 10.3. The van der Waals surface area contributed by atoms with Crippen LogP contribution in [0, 0.1) is 0 Å². The normalized spacial score (nSPS) is 12.2. The van der Waals surface area contributed by atoms with E-state index in [-0.39, 0.29) is 19.0 Å². The molecule has 1 unspecified atom stereocenters. The third-order valence-corrected chi connectivity index (χ3v) is 1.36. The van der Waals surface area contributed by atoms with Gasteiger partial charge in [-0.3, -0.25) is 9.59 Å². The Kier molecular flexibility index (Phi) is 5.82. The minimum atomic E-state index is -1.31. The number of aliphatic hydroxyl groups excluding tert-OH is 1. The second-order valence-corrected chi connectivity index (χ2v) is 2.50. The van der Waals surface area contributed by atoms with Gasteiger partial charge in [0.1, 0.15) is 6.10 Å². The second kappa shape index (κ2) is 6.38. The summed E-state index contributed by atoms with van der Waals surface area (Å²) in [6, 6.07) is 0. The van der Waals surface area contributed by atoms with Crippen LogP contribution in [0.25, 0.3) is 0 Å². The van der Waals surface area contributed by atoms with Gasteiger partial charge in [0.2, 0.25) is 11.8 Å². The number of hydrogen-bond acceptors (Lipinski definition) is 4. The monoisotopic (exact) mass is 189 g/mol. The van der Waals surface area contributed by atoms with Crippen LogP contribution in [0.4, 0.5) is 0 Å². The highest BCUT2D eigenvalue weighted by molar-refractivity contribution is 5.81. The van der Waals surface area contributed by atoms with Gasteiger partial charge in [-0.2, -0.15) is 0 Å². The number of carbonyl (C=O) groups excluding carboxylic acids is 2. The lowest BCUT2D eigenvalue weighted by Gasteiger charge is -2.08. The van der Waals surface area contributed by atoms with Crippen molar-refractivity contribution < 1.29 is 14.7 Å². The second-order valence-electron chi connectivity index (χ2n) is 2.50. The number of rotatable bonds is 6. The molecule has 0 spiro atoms. The molecule has 0 aromatic carbocycles. The molecule has 0 aliphatic heterocycles. The molecule has 0 saturated heterocycles. The summed E-state index contributed by atoms with van der Waals surface area (Å²) in [5.41, 5.74) is 4.77. The molecule has 6 nitrogen and oxygen atoms in total. The van der Waals surface area contributed by atoms with Crippen LogP contribution in [0.1, 0.15) is 6.92 Å². The summed E-state index contributed by atoms with van der Waals surface area (Å²) in [5.74, 6) is -1.12. The van der Waals surface area contributed by atoms with E-state index in [9.17, 15) is 9.59 Å². The lowest BCUT2D eigenvalue weighted by molar-refractivity contribution is -0.126. The number of nitrogens with two attached hydrogens (primary N) is 1. The fraction of sp³-hybridized carbons (Fsp3) is 0.714. The van der Waals surface area contributed by atoms with Crippen LogP contribution < -0.4 is 16.4 Å². The molecule has 0 fully saturated rings. The fourth-order valence-electron chi connectivity index (χ4n) is 0.612. The zero-order chi connectivity index (χ0) is 10.3. The Morgan fingerprint density at radius 2 is 2.15 bits per heavy atom. The van der Waals surface area contributed by atoms with Crippen molar-refractivity contribution in [2.45, 2.75) is 13.0 Å². The van der Waals surface area contributed by atoms with Crippen LogP contribution in [-0.2, 0) is 9.59 Å². The van der Waals surface area contributed by atoms with Crippen molar-refractivity contribution >= 4 is 11.8 Å². The Bertz CT molecular complexity index is 184. The predicted octanol–water partition coefficient (Wildman–Crippen LogP) is -2.44. The van der Waals surface area contributed by atoms with E-state index in [2.05, 4.69) is 10.6 Å². The van der Waals surface area contributed by atoms with Gasteiger partial charge in [-0.25, -0.2) is 0 Å². The minimum absolute atomic E-state index is 0.139.